The van der Waals surface area contributed by atoms with Crippen molar-refractivity contribution in [2.45, 2.75) is 57.3 Å². The van der Waals surface area contributed by atoms with Gasteiger partial charge in [0.1, 0.15) is 6.04 Å². The lowest BCUT2D eigenvalue weighted by Gasteiger charge is -2.28. The molecule has 0 bridgehead atoms. The van der Waals surface area contributed by atoms with E-state index in [9.17, 15) is 19.2 Å². The van der Waals surface area contributed by atoms with Crippen molar-refractivity contribution in [3.05, 3.63) is 34.9 Å². The first-order chi connectivity index (χ1) is 13.3. The zero-order valence-electron chi connectivity index (χ0n) is 16.0. The second kappa shape index (κ2) is 6.79. The summed E-state index contributed by atoms with van der Waals surface area (Å²) >= 11 is 0. The Hall–Kier alpha value is -2.58. The van der Waals surface area contributed by atoms with Gasteiger partial charge in [-0.15, -0.1) is 0 Å². The summed E-state index contributed by atoms with van der Waals surface area (Å²) < 4.78 is 0. The van der Waals surface area contributed by atoms with E-state index in [4.69, 9.17) is 0 Å². The van der Waals surface area contributed by atoms with E-state index in [1.165, 1.54) is 0 Å². The molecule has 2 unspecified atom stereocenters. The second-order valence-electron chi connectivity index (χ2n) is 8.20. The number of hydrogen-bond donors (Lipinski definition) is 3. The second-order valence-corrected chi connectivity index (χ2v) is 8.20. The fraction of sp³-hybridized carbons (Fsp3) is 0.500. The van der Waals surface area contributed by atoms with E-state index in [1.54, 1.807) is 12.1 Å². The van der Waals surface area contributed by atoms with Crippen molar-refractivity contribution in [3.63, 3.8) is 0 Å². The highest BCUT2D eigenvalue weighted by molar-refractivity contribution is 6.23. The van der Waals surface area contributed by atoms with Gasteiger partial charge in [0.05, 0.1) is 11.1 Å². The Labute approximate surface area is 163 Å². The maximum atomic E-state index is 12.9. The molecule has 2 saturated heterocycles. The van der Waals surface area contributed by atoms with Crippen LogP contribution in [0, 0.1) is 0 Å². The number of nitrogens with zero attached hydrogens (tertiary/aromatic N) is 1. The molecule has 28 heavy (non-hydrogen) atoms. The SMILES string of the molecule is CC1(C)NCCC1NCc1ccc2c(c1)C(=O)N(C1CCC(=O)NC1=O)C2=O. The van der Waals surface area contributed by atoms with Crippen LogP contribution in [-0.2, 0) is 16.1 Å². The molecule has 8 nitrogen and oxygen atoms in total. The van der Waals surface area contributed by atoms with Gasteiger partial charge in [-0.05, 0) is 50.9 Å². The summed E-state index contributed by atoms with van der Waals surface area (Å²) in [6, 6.07) is 4.59. The molecule has 3 N–H and O–H groups in total. The van der Waals surface area contributed by atoms with E-state index in [-0.39, 0.29) is 24.3 Å². The summed E-state index contributed by atoms with van der Waals surface area (Å²) in [6.07, 6.45) is 1.30. The lowest BCUT2D eigenvalue weighted by molar-refractivity contribution is -0.136. The van der Waals surface area contributed by atoms with Crippen LogP contribution in [0.15, 0.2) is 18.2 Å². The Morgan fingerprint density at radius 3 is 2.54 bits per heavy atom. The maximum absolute atomic E-state index is 12.9. The number of fused-ring (bicyclic) bond motifs is 1. The highest BCUT2D eigenvalue weighted by Crippen LogP contribution is 2.28. The summed E-state index contributed by atoms with van der Waals surface area (Å²) in [4.78, 5) is 50.0. The average Bonchev–Trinajstić information content (AvgIpc) is 3.10. The highest BCUT2D eigenvalue weighted by Gasteiger charge is 2.44. The number of carbonyl (C=O) groups is 4. The predicted octanol–water partition coefficient (Wildman–Crippen LogP) is 0.318. The van der Waals surface area contributed by atoms with Crippen molar-refractivity contribution in [1.82, 2.24) is 20.9 Å². The third-order valence-electron chi connectivity index (χ3n) is 5.94. The van der Waals surface area contributed by atoms with Crippen LogP contribution >= 0.6 is 0 Å². The van der Waals surface area contributed by atoms with Gasteiger partial charge in [0, 0.05) is 24.5 Å². The molecule has 8 heteroatoms. The molecule has 4 rings (SSSR count). The largest absolute Gasteiger partial charge is 0.310 e. The van der Waals surface area contributed by atoms with Gasteiger partial charge in [0.25, 0.3) is 11.8 Å². The molecule has 0 aliphatic carbocycles. The van der Waals surface area contributed by atoms with E-state index in [2.05, 4.69) is 29.8 Å². The minimum Gasteiger partial charge on any atom is -0.310 e. The fourth-order valence-electron chi connectivity index (χ4n) is 4.25. The Balaban J connectivity index is 1.51. The van der Waals surface area contributed by atoms with Gasteiger partial charge in [-0.1, -0.05) is 6.07 Å². The van der Waals surface area contributed by atoms with Crippen molar-refractivity contribution in [2.75, 3.05) is 6.54 Å². The topological polar surface area (TPSA) is 108 Å². The normalized spacial score (nSPS) is 26.6. The van der Waals surface area contributed by atoms with Gasteiger partial charge in [-0.25, -0.2) is 0 Å². The predicted molar refractivity (Wildman–Crippen MR) is 100 cm³/mol. The van der Waals surface area contributed by atoms with Crippen molar-refractivity contribution in [1.29, 1.82) is 0 Å². The van der Waals surface area contributed by atoms with Gasteiger partial charge in [0.2, 0.25) is 11.8 Å². The Bertz CT molecular complexity index is 879. The number of carbonyl (C=O) groups excluding carboxylic acids is 4. The van der Waals surface area contributed by atoms with Crippen LogP contribution in [0.5, 0.6) is 0 Å². The van der Waals surface area contributed by atoms with Gasteiger partial charge in [-0.2, -0.15) is 0 Å². The van der Waals surface area contributed by atoms with E-state index < -0.39 is 23.8 Å². The molecular weight excluding hydrogens is 360 g/mol. The Kier molecular flexibility index (Phi) is 4.55. The van der Waals surface area contributed by atoms with E-state index >= 15 is 0 Å². The molecule has 0 saturated carbocycles. The van der Waals surface area contributed by atoms with E-state index in [0.717, 1.165) is 23.4 Å². The van der Waals surface area contributed by atoms with Gasteiger partial charge in [-0.3, -0.25) is 29.4 Å². The third kappa shape index (κ3) is 3.12. The summed E-state index contributed by atoms with van der Waals surface area (Å²) in [6.45, 7) is 5.85. The standard InChI is InChI=1S/C20H24N4O4/c1-20(2)15(7-8-22-20)21-10-11-3-4-12-13(9-11)19(28)24(18(12)27)14-5-6-16(25)23-17(14)26/h3-4,9,14-15,21-22H,5-8,10H2,1-2H3,(H,23,25,26). The van der Waals surface area contributed by atoms with Gasteiger partial charge >= 0.3 is 0 Å². The molecule has 0 aromatic heterocycles. The first-order valence-corrected chi connectivity index (χ1v) is 9.61. The lowest BCUT2D eigenvalue weighted by Crippen LogP contribution is -2.54. The molecule has 2 atom stereocenters. The van der Waals surface area contributed by atoms with Crippen LogP contribution in [0.3, 0.4) is 0 Å². The summed E-state index contributed by atoms with van der Waals surface area (Å²) in [7, 11) is 0. The van der Waals surface area contributed by atoms with Gasteiger partial charge < -0.3 is 10.6 Å². The lowest BCUT2D eigenvalue weighted by atomic mass is 9.96. The molecule has 2 fully saturated rings. The van der Waals surface area contributed by atoms with Crippen LogP contribution in [0.4, 0.5) is 0 Å². The summed E-state index contributed by atoms with van der Waals surface area (Å²) in [5.74, 6) is -1.92. The zero-order chi connectivity index (χ0) is 20.1. The minimum absolute atomic E-state index is 0.00505. The van der Waals surface area contributed by atoms with Crippen LogP contribution in [0.25, 0.3) is 0 Å². The number of nitrogens with one attached hydrogen (secondary N) is 3. The number of rotatable bonds is 4. The molecule has 3 heterocycles. The Morgan fingerprint density at radius 1 is 1.11 bits per heavy atom. The van der Waals surface area contributed by atoms with Crippen molar-refractivity contribution >= 4 is 23.6 Å². The van der Waals surface area contributed by atoms with Crippen molar-refractivity contribution in [3.8, 4) is 0 Å². The molecule has 4 amide bonds. The number of amides is 4. The van der Waals surface area contributed by atoms with E-state index in [1.807, 2.05) is 6.07 Å². The van der Waals surface area contributed by atoms with E-state index in [0.29, 0.717) is 23.7 Å². The molecule has 3 aliphatic rings. The monoisotopic (exact) mass is 384 g/mol. The van der Waals surface area contributed by atoms with Crippen LogP contribution < -0.4 is 16.0 Å². The maximum Gasteiger partial charge on any atom is 0.262 e. The first kappa shape index (κ1) is 18.8. The molecular formula is C20H24N4O4. The first-order valence-electron chi connectivity index (χ1n) is 9.61. The number of hydrogen-bond acceptors (Lipinski definition) is 6. The smallest absolute Gasteiger partial charge is 0.262 e. The van der Waals surface area contributed by atoms with Gasteiger partial charge in [0.15, 0.2) is 0 Å². The summed E-state index contributed by atoms with van der Waals surface area (Å²) in [5, 5.41) is 9.18. The Morgan fingerprint density at radius 2 is 1.86 bits per heavy atom. The van der Waals surface area contributed by atoms with Crippen LogP contribution in [-0.4, -0.2) is 52.7 Å². The highest BCUT2D eigenvalue weighted by atomic mass is 16.2. The zero-order valence-corrected chi connectivity index (χ0v) is 16.0. The summed E-state index contributed by atoms with van der Waals surface area (Å²) in [5.41, 5.74) is 1.54. The van der Waals surface area contributed by atoms with Crippen molar-refractivity contribution in [2.24, 2.45) is 0 Å². The number of benzene rings is 1. The number of piperidine rings is 1. The fourth-order valence-corrected chi connectivity index (χ4v) is 4.25. The quantitative estimate of drug-likeness (QED) is 0.646. The average molecular weight is 384 g/mol. The van der Waals surface area contributed by atoms with Crippen LogP contribution in [0.2, 0.25) is 0 Å². The third-order valence-corrected chi connectivity index (χ3v) is 5.94. The minimum atomic E-state index is -0.933. The number of imide groups is 2. The van der Waals surface area contributed by atoms with Crippen molar-refractivity contribution < 1.29 is 19.2 Å². The molecule has 1 aromatic rings. The molecule has 148 valence electrons. The molecule has 1 aromatic carbocycles. The van der Waals surface area contributed by atoms with Crippen LogP contribution in [0.1, 0.15) is 59.4 Å². The molecule has 3 aliphatic heterocycles. The molecule has 0 spiro atoms. The molecule has 0 radical (unpaired) electrons.